The number of aliphatic hydroxyl groups is 5. The third-order valence-corrected chi connectivity index (χ3v) is 16.1. The molecule has 15 nitrogen and oxygen atoms in total. The summed E-state index contributed by atoms with van der Waals surface area (Å²) in [5.74, 6) is -0.374. The van der Waals surface area contributed by atoms with E-state index in [0.29, 0.717) is 18.3 Å². The van der Waals surface area contributed by atoms with Gasteiger partial charge in [0.1, 0.15) is 31.0 Å². The van der Waals surface area contributed by atoms with E-state index in [1.807, 2.05) is 6.92 Å². The highest BCUT2D eigenvalue weighted by molar-refractivity contribution is 5.85. The lowest BCUT2D eigenvalue weighted by atomic mass is 9.43. The van der Waals surface area contributed by atoms with Crippen LogP contribution >= 0.6 is 0 Å². The molecule has 7 fully saturated rings. The second kappa shape index (κ2) is 16.2. The van der Waals surface area contributed by atoms with Crippen molar-refractivity contribution >= 4 is 11.9 Å². The number of esters is 2. The molecule has 0 unspecified atom stereocenters. The average Bonchev–Trinajstić information content (AvgIpc) is 3.65. The van der Waals surface area contributed by atoms with Gasteiger partial charge in [-0.2, -0.15) is 0 Å². The average molecular weight is 823 g/mol. The fourth-order valence-corrected chi connectivity index (χ4v) is 13.2. The van der Waals surface area contributed by atoms with E-state index in [1.165, 1.54) is 13.0 Å². The number of rotatable bonds is 8. The van der Waals surface area contributed by atoms with Gasteiger partial charge in [-0.3, -0.25) is 4.79 Å². The molecule has 0 amide bonds. The van der Waals surface area contributed by atoms with Crippen molar-refractivity contribution < 1.29 is 73.0 Å². The van der Waals surface area contributed by atoms with E-state index in [9.17, 15) is 35.1 Å². The molecule has 0 aromatic heterocycles. The Morgan fingerprint density at radius 3 is 1.98 bits per heavy atom. The van der Waals surface area contributed by atoms with E-state index in [-0.39, 0.29) is 55.2 Å². The minimum Gasteiger partial charge on any atom is -0.459 e. The Morgan fingerprint density at radius 1 is 0.759 bits per heavy atom. The molecule has 58 heavy (non-hydrogen) atoms. The van der Waals surface area contributed by atoms with E-state index in [2.05, 4.69) is 13.8 Å². The molecular formula is C43H66O15. The van der Waals surface area contributed by atoms with Crippen molar-refractivity contribution in [1.29, 1.82) is 0 Å². The Hall–Kier alpha value is -1.76. The van der Waals surface area contributed by atoms with Crippen LogP contribution in [-0.2, 0) is 47.5 Å². The van der Waals surface area contributed by atoms with Crippen LogP contribution in [0.5, 0.6) is 0 Å². The Labute approximate surface area is 341 Å². The fourth-order valence-electron chi connectivity index (χ4n) is 13.2. The number of carbonyl (C=O) groups is 2. The topological polar surface area (TPSA) is 209 Å². The van der Waals surface area contributed by atoms with Crippen LogP contribution in [0.3, 0.4) is 0 Å². The first kappa shape index (κ1) is 42.9. The van der Waals surface area contributed by atoms with Gasteiger partial charge in [-0.05, 0) is 94.5 Å². The number of aliphatic hydroxyl groups excluding tert-OH is 4. The SMILES string of the molecule is CC(=O)O[C@H]1C[C@H](O[C@H]2[C@@H](O)C[C@H](O[C@H]3[C@@H](O)C[C@H](O[C@H]4CC[C@@]5(C)[C@H](CC[C@@H]6[C@H]5CC[C@]5(C)[C@@H](C7=CC(=O)OC7)[C@@H](O)C[C@]65O)C4)O[C@@H]3C)O[C@@H]2C)O[C@H](C)[C@H]1O. The number of ether oxygens (including phenoxy) is 8. The van der Waals surface area contributed by atoms with Crippen LogP contribution in [0.1, 0.15) is 112 Å². The summed E-state index contributed by atoms with van der Waals surface area (Å²) in [4.78, 5) is 23.5. The molecule has 0 bridgehead atoms. The van der Waals surface area contributed by atoms with Crippen molar-refractivity contribution in [2.45, 2.75) is 204 Å². The molecule has 4 heterocycles. The van der Waals surface area contributed by atoms with E-state index in [4.69, 9.17) is 37.9 Å². The Balaban J connectivity index is 0.825. The van der Waals surface area contributed by atoms with Crippen LogP contribution in [0, 0.1) is 34.5 Å². The number of carbonyl (C=O) groups excluding carboxylic acids is 2. The van der Waals surface area contributed by atoms with Crippen LogP contribution in [0.4, 0.5) is 0 Å². The van der Waals surface area contributed by atoms with E-state index < -0.39 is 96.9 Å². The zero-order chi connectivity index (χ0) is 41.5. The molecule has 3 saturated heterocycles. The summed E-state index contributed by atoms with van der Waals surface area (Å²) in [5.41, 5.74) is -0.712. The molecule has 15 heteroatoms. The summed E-state index contributed by atoms with van der Waals surface area (Å²) in [5, 5.41) is 56.8. The van der Waals surface area contributed by atoms with E-state index >= 15 is 0 Å². The summed E-state index contributed by atoms with van der Waals surface area (Å²) in [6, 6.07) is 0. The smallest absolute Gasteiger partial charge is 0.331 e. The molecule has 0 aromatic carbocycles. The van der Waals surface area contributed by atoms with Gasteiger partial charge in [-0.25, -0.2) is 4.79 Å². The van der Waals surface area contributed by atoms with Gasteiger partial charge in [0.25, 0.3) is 0 Å². The van der Waals surface area contributed by atoms with Crippen LogP contribution in [0.15, 0.2) is 11.6 Å². The molecule has 4 aliphatic carbocycles. The first-order valence-electron chi connectivity index (χ1n) is 21.8. The predicted molar refractivity (Wildman–Crippen MR) is 202 cm³/mol. The maximum Gasteiger partial charge on any atom is 0.331 e. The standard InChI is InChI=1S/C43H66O15/c1-20-38(49)32(55-23(4)44)17-36(52-20)58-40-22(3)54-35(16-30(40)46)57-39-21(2)53-34(15-29(39)45)56-26-9-11-41(5)25(14-26)7-8-28-27(41)10-12-42(6)37(24-13-33(48)51-19-24)31(47)18-43(28,42)50/h13,20-22,25-32,34-40,45-47,49-50H,7-12,14-19H2,1-6H3/t20-,21-,22-,25-,26+,27-,28-,29+,30+,31+,32+,34+,35+,36+,37+,38-,39-,40-,41+,42-,43+/m1/s1. The lowest BCUT2D eigenvalue weighted by Crippen LogP contribution is -2.62. The maximum absolute atomic E-state index is 12.6. The van der Waals surface area contributed by atoms with Gasteiger partial charge in [0.15, 0.2) is 18.9 Å². The highest BCUT2D eigenvalue weighted by Crippen LogP contribution is 2.70. The van der Waals surface area contributed by atoms with E-state index in [0.717, 1.165) is 50.5 Å². The quantitative estimate of drug-likeness (QED) is 0.176. The van der Waals surface area contributed by atoms with Gasteiger partial charge in [-0.1, -0.05) is 13.8 Å². The summed E-state index contributed by atoms with van der Waals surface area (Å²) < 4.78 is 47.7. The molecule has 0 aromatic rings. The zero-order valence-electron chi connectivity index (χ0n) is 34.8. The predicted octanol–water partition coefficient (Wildman–Crippen LogP) is 2.79. The van der Waals surface area contributed by atoms with Gasteiger partial charge in [-0.15, -0.1) is 0 Å². The minimum atomic E-state index is -1.02. The number of fused-ring (bicyclic) bond motifs is 5. The lowest BCUT2D eigenvalue weighted by Gasteiger charge is -2.63. The molecule has 0 radical (unpaired) electrons. The molecule has 5 N–H and O–H groups in total. The molecule has 0 spiro atoms. The summed E-state index contributed by atoms with van der Waals surface area (Å²) in [7, 11) is 0. The van der Waals surface area contributed by atoms with Crippen LogP contribution in [0.25, 0.3) is 0 Å². The highest BCUT2D eigenvalue weighted by Gasteiger charge is 2.70. The van der Waals surface area contributed by atoms with Crippen LogP contribution in [-0.4, -0.2) is 136 Å². The third kappa shape index (κ3) is 7.60. The lowest BCUT2D eigenvalue weighted by molar-refractivity contribution is -0.336. The van der Waals surface area contributed by atoms with Gasteiger partial charge < -0.3 is 63.4 Å². The maximum atomic E-state index is 12.6. The highest BCUT2D eigenvalue weighted by atomic mass is 16.7. The summed E-state index contributed by atoms with van der Waals surface area (Å²) in [6.07, 6.45) is -1.40. The Morgan fingerprint density at radius 2 is 1.38 bits per heavy atom. The van der Waals surface area contributed by atoms with Gasteiger partial charge >= 0.3 is 11.9 Å². The van der Waals surface area contributed by atoms with Crippen molar-refractivity contribution in [3.05, 3.63) is 11.6 Å². The Bertz CT molecular complexity index is 1530. The van der Waals surface area contributed by atoms with Crippen molar-refractivity contribution in [1.82, 2.24) is 0 Å². The second-order valence-electron chi connectivity index (χ2n) is 19.5. The molecule has 4 saturated carbocycles. The van der Waals surface area contributed by atoms with Gasteiger partial charge in [0, 0.05) is 50.0 Å². The molecule has 328 valence electrons. The third-order valence-electron chi connectivity index (χ3n) is 16.1. The largest absolute Gasteiger partial charge is 0.459 e. The van der Waals surface area contributed by atoms with Gasteiger partial charge in [0.05, 0.1) is 48.3 Å². The number of cyclic esters (lactones) is 1. The fraction of sp³-hybridized carbons (Fsp3) is 0.907. The van der Waals surface area contributed by atoms with Crippen molar-refractivity contribution in [3.63, 3.8) is 0 Å². The normalized spacial score (nSPS) is 53.2. The molecule has 4 aliphatic heterocycles. The second-order valence-corrected chi connectivity index (χ2v) is 19.5. The number of hydrogen-bond acceptors (Lipinski definition) is 15. The monoisotopic (exact) mass is 822 g/mol. The van der Waals surface area contributed by atoms with Crippen molar-refractivity contribution in [2.24, 2.45) is 34.5 Å². The molecule has 8 rings (SSSR count). The summed E-state index contributed by atoms with van der Waals surface area (Å²) in [6.45, 7) is 11.2. The zero-order valence-corrected chi connectivity index (χ0v) is 34.8. The van der Waals surface area contributed by atoms with Gasteiger partial charge in [0.2, 0.25) is 0 Å². The Kier molecular flexibility index (Phi) is 12.0. The van der Waals surface area contributed by atoms with Crippen molar-refractivity contribution in [3.8, 4) is 0 Å². The summed E-state index contributed by atoms with van der Waals surface area (Å²) >= 11 is 0. The number of hydrogen-bond donors (Lipinski definition) is 5. The van der Waals surface area contributed by atoms with E-state index in [1.54, 1.807) is 13.8 Å². The van der Waals surface area contributed by atoms with Crippen LogP contribution < -0.4 is 0 Å². The molecule has 21 atom stereocenters. The molecule has 8 aliphatic rings. The first-order chi connectivity index (χ1) is 27.4. The first-order valence-corrected chi connectivity index (χ1v) is 21.8. The minimum absolute atomic E-state index is 0.0240. The van der Waals surface area contributed by atoms with Crippen LogP contribution in [0.2, 0.25) is 0 Å². The van der Waals surface area contributed by atoms with Crippen molar-refractivity contribution in [2.75, 3.05) is 6.61 Å². The molecular weight excluding hydrogens is 756 g/mol.